The maximum atomic E-state index is 4.37. The lowest BCUT2D eigenvalue weighted by Crippen LogP contribution is -1.89. The summed E-state index contributed by atoms with van der Waals surface area (Å²) in [6.45, 7) is 2.06. The molecule has 0 atom stereocenters. The Morgan fingerprint density at radius 1 is 1.11 bits per heavy atom. The van der Waals surface area contributed by atoms with Gasteiger partial charge in [-0.25, -0.2) is 0 Å². The van der Waals surface area contributed by atoms with E-state index >= 15 is 0 Å². The van der Waals surface area contributed by atoms with Gasteiger partial charge in [-0.2, -0.15) is 0 Å². The SMILES string of the molecule is Cc1nccc2c(Cc3ccccc3)cn(C)c12. The number of rotatable bonds is 2. The van der Waals surface area contributed by atoms with Crippen LogP contribution in [0.5, 0.6) is 0 Å². The van der Waals surface area contributed by atoms with Gasteiger partial charge in [-0.15, -0.1) is 0 Å². The molecule has 0 N–H and O–H groups in total. The van der Waals surface area contributed by atoms with E-state index in [0.29, 0.717) is 0 Å². The third-order valence-electron chi connectivity index (χ3n) is 3.39. The van der Waals surface area contributed by atoms with Crippen LogP contribution in [0.3, 0.4) is 0 Å². The average Bonchev–Trinajstić information content (AvgIpc) is 2.69. The summed E-state index contributed by atoms with van der Waals surface area (Å²) in [4.78, 5) is 4.37. The fourth-order valence-corrected chi connectivity index (χ4v) is 2.59. The van der Waals surface area contributed by atoms with E-state index in [9.17, 15) is 0 Å². The lowest BCUT2D eigenvalue weighted by Gasteiger charge is -2.00. The number of benzene rings is 1. The van der Waals surface area contributed by atoms with Gasteiger partial charge in [-0.3, -0.25) is 4.98 Å². The smallest absolute Gasteiger partial charge is 0.0696 e. The van der Waals surface area contributed by atoms with Crippen molar-refractivity contribution in [3.8, 4) is 0 Å². The fourth-order valence-electron chi connectivity index (χ4n) is 2.59. The molecular weight excluding hydrogens is 220 g/mol. The molecule has 90 valence electrons. The Labute approximate surface area is 107 Å². The van der Waals surface area contributed by atoms with Gasteiger partial charge < -0.3 is 4.57 Å². The summed E-state index contributed by atoms with van der Waals surface area (Å²) in [6.07, 6.45) is 5.08. The summed E-state index contributed by atoms with van der Waals surface area (Å²) in [7, 11) is 2.09. The van der Waals surface area contributed by atoms with Crippen LogP contribution in [0, 0.1) is 6.92 Å². The summed E-state index contributed by atoms with van der Waals surface area (Å²) in [5, 5.41) is 1.31. The first-order chi connectivity index (χ1) is 8.75. The molecule has 0 amide bonds. The highest BCUT2D eigenvalue weighted by atomic mass is 14.9. The minimum atomic E-state index is 0.974. The third-order valence-corrected chi connectivity index (χ3v) is 3.39. The Kier molecular flexibility index (Phi) is 2.63. The number of aromatic nitrogens is 2. The summed E-state index contributed by atoms with van der Waals surface area (Å²) < 4.78 is 2.18. The molecule has 18 heavy (non-hydrogen) atoms. The van der Waals surface area contributed by atoms with E-state index in [2.05, 4.69) is 66.1 Å². The first-order valence-electron chi connectivity index (χ1n) is 6.19. The van der Waals surface area contributed by atoms with Gasteiger partial charge in [0.05, 0.1) is 11.2 Å². The Balaban J connectivity index is 2.11. The second kappa shape index (κ2) is 4.30. The second-order valence-electron chi connectivity index (χ2n) is 4.72. The number of hydrogen-bond acceptors (Lipinski definition) is 1. The van der Waals surface area contributed by atoms with Crippen LogP contribution in [0.1, 0.15) is 16.8 Å². The molecule has 0 unspecified atom stereocenters. The van der Waals surface area contributed by atoms with Gasteiger partial charge >= 0.3 is 0 Å². The first kappa shape index (κ1) is 11.0. The van der Waals surface area contributed by atoms with Crippen molar-refractivity contribution in [3.05, 3.63) is 65.6 Å². The van der Waals surface area contributed by atoms with Crippen molar-refractivity contribution in [2.24, 2.45) is 7.05 Å². The highest BCUT2D eigenvalue weighted by Gasteiger charge is 2.09. The minimum Gasteiger partial charge on any atom is -0.349 e. The highest BCUT2D eigenvalue weighted by Crippen LogP contribution is 2.24. The standard InChI is InChI=1S/C16H16N2/c1-12-16-15(8-9-17-12)14(11-18(16)2)10-13-6-4-3-5-7-13/h3-9,11H,10H2,1-2H3. The fraction of sp³-hybridized carbons (Fsp3) is 0.188. The second-order valence-corrected chi connectivity index (χ2v) is 4.72. The molecule has 0 radical (unpaired) electrons. The lowest BCUT2D eigenvalue weighted by atomic mass is 10.0. The molecule has 0 saturated heterocycles. The predicted octanol–water partition coefficient (Wildman–Crippen LogP) is 3.47. The van der Waals surface area contributed by atoms with Crippen molar-refractivity contribution >= 4 is 10.9 Å². The maximum absolute atomic E-state index is 4.37. The first-order valence-corrected chi connectivity index (χ1v) is 6.19. The Morgan fingerprint density at radius 2 is 1.89 bits per heavy atom. The molecule has 1 aromatic carbocycles. The molecule has 3 aromatic rings. The van der Waals surface area contributed by atoms with E-state index in [1.165, 1.54) is 22.0 Å². The molecule has 3 rings (SSSR count). The van der Waals surface area contributed by atoms with Crippen LogP contribution in [0.2, 0.25) is 0 Å². The van der Waals surface area contributed by atoms with Crippen molar-refractivity contribution in [1.29, 1.82) is 0 Å². The van der Waals surface area contributed by atoms with Crippen molar-refractivity contribution in [3.63, 3.8) is 0 Å². The molecule has 2 aromatic heterocycles. The van der Waals surface area contributed by atoms with Gasteiger partial charge in [0, 0.05) is 24.8 Å². The van der Waals surface area contributed by atoms with Gasteiger partial charge in [-0.05, 0) is 30.5 Å². The van der Waals surface area contributed by atoms with Crippen molar-refractivity contribution in [2.75, 3.05) is 0 Å². The Bertz CT molecular complexity index is 681. The van der Waals surface area contributed by atoms with E-state index in [-0.39, 0.29) is 0 Å². The molecule has 0 bridgehead atoms. The summed E-state index contributed by atoms with van der Waals surface area (Å²) in [6, 6.07) is 12.7. The van der Waals surface area contributed by atoms with Crippen LogP contribution in [0.25, 0.3) is 10.9 Å². The van der Waals surface area contributed by atoms with E-state index in [1.54, 1.807) is 0 Å². The zero-order valence-electron chi connectivity index (χ0n) is 10.7. The van der Waals surface area contributed by atoms with Crippen LogP contribution in [-0.4, -0.2) is 9.55 Å². The van der Waals surface area contributed by atoms with Crippen LogP contribution < -0.4 is 0 Å². The summed E-state index contributed by atoms with van der Waals surface area (Å²) in [5.74, 6) is 0. The molecule has 0 fully saturated rings. The largest absolute Gasteiger partial charge is 0.349 e. The van der Waals surface area contributed by atoms with E-state index < -0.39 is 0 Å². The van der Waals surface area contributed by atoms with Crippen molar-refractivity contribution < 1.29 is 0 Å². The number of aryl methyl sites for hydroxylation is 2. The van der Waals surface area contributed by atoms with Crippen molar-refractivity contribution in [1.82, 2.24) is 9.55 Å². The molecule has 2 heterocycles. The zero-order chi connectivity index (χ0) is 12.5. The van der Waals surface area contributed by atoms with Crippen LogP contribution in [0.4, 0.5) is 0 Å². The highest BCUT2D eigenvalue weighted by molar-refractivity contribution is 5.85. The molecule has 0 aliphatic carbocycles. The van der Waals surface area contributed by atoms with Crippen molar-refractivity contribution in [2.45, 2.75) is 13.3 Å². The molecule has 2 nitrogen and oxygen atoms in total. The lowest BCUT2D eigenvalue weighted by molar-refractivity contribution is 0.947. The molecule has 0 saturated carbocycles. The Hall–Kier alpha value is -2.09. The summed E-state index contributed by atoms with van der Waals surface area (Å²) in [5.41, 5.74) is 5.04. The van der Waals surface area contributed by atoms with Gasteiger partial charge in [0.25, 0.3) is 0 Å². The monoisotopic (exact) mass is 236 g/mol. The van der Waals surface area contributed by atoms with E-state index in [1.807, 2.05) is 6.20 Å². The average molecular weight is 236 g/mol. The minimum absolute atomic E-state index is 0.974. The third kappa shape index (κ3) is 1.80. The van der Waals surface area contributed by atoms with Crippen LogP contribution >= 0.6 is 0 Å². The number of nitrogens with zero attached hydrogens (tertiary/aromatic N) is 2. The van der Waals surface area contributed by atoms with Gasteiger partial charge in [0.15, 0.2) is 0 Å². The zero-order valence-corrected chi connectivity index (χ0v) is 10.7. The maximum Gasteiger partial charge on any atom is 0.0696 e. The quantitative estimate of drug-likeness (QED) is 0.666. The van der Waals surface area contributed by atoms with Gasteiger partial charge in [-0.1, -0.05) is 30.3 Å². The number of pyridine rings is 1. The van der Waals surface area contributed by atoms with Gasteiger partial charge in [0.1, 0.15) is 0 Å². The molecule has 0 spiro atoms. The molecule has 0 aliphatic heterocycles. The predicted molar refractivity (Wildman–Crippen MR) is 74.7 cm³/mol. The topological polar surface area (TPSA) is 17.8 Å². The van der Waals surface area contributed by atoms with E-state index in [0.717, 1.165) is 12.1 Å². The van der Waals surface area contributed by atoms with Gasteiger partial charge in [0.2, 0.25) is 0 Å². The number of hydrogen-bond donors (Lipinski definition) is 0. The Morgan fingerprint density at radius 3 is 2.67 bits per heavy atom. The molecule has 2 heteroatoms. The normalized spacial score (nSPS) is 11.0. The van der Waals surface area contributed by atoms with Crippen LogP contribution in [-0.2, 0) is 13.5 Å². The van der Waals surface area contributed by atoms with E-state index in [4.69, 9.17) is 0 Å². The van der Waals surface area contributed by atoms with Crippen LogP contribution in [0.15, 0.2) is 48.8 Å². The molecule has 0 aliphatic rings. The summed E-state index contributed by atoms with van der Waals surface area (Å²) >= 11 is 0. The molecular formula is C16H16N2. The number of fused-ring (bicyclic) bond motifs is 1.